The van der Waals surface area contributed by atoms with Gasteiger partial charge in [0.25, 0.3) is 0 Å². The van der Waals surface area contributed by atoms with Gasteiger partial charge in [-0.3, -0.25) is 9.69 Å². The molecule has 5 nitrogen and oxygen atoms in total. The number of carbonyl (C=O) groups excluding carboxylic acids is 2. The Bertz CT molecular complexity index is 430. The fourth-order valence-corrected chi connectivity index (χ4v) is 1.89. The normalized spacial score (nSPS) is 12.0. The summed E-state index contributed by atoms with van der Waals surface area (Å²) in [6.45, 7) is 6.77. The fraction of sp³-hybridized carbons (Fsp3) is 0.467. The van der Waals surface area contributed by atoms with Crippen LogP contribution >= 0.6 is 0 Å². The molecule has 0 saturated heterocycles. The molecule has 1 aromatic rings. The number of nitrogens with zero attached hydrogens (tertiary/aromatic N) is 1. The number of benzene rings is 1. The molecule has 1 atom stereocenters. The average molecular weight is 278 g/mol. The number of esters is 1. The summed E-state index contributed by atoms with van der Waals surface area (Å²) in [5.74, 6) is -0.689. The van der Waals surface area contributed by atoms with E-state index >= 15 is 0 Å². The molecule has 0 heterocycles. The summed E-state index contributed by atoms with van der Waals surface area (Å²) >= 11 is 0. The Morgan fingerprint density at radius 1 is 1.20 bits per heavy atom. The third-order valence-corrected chi connectivity index (χ3v) is 2.96. The van der Waals surface area contributed by atoms with Gasteiger partial charge in [-0.05, 0) is 18.7 Å². The van der Waals surface area contributed by atoms with Crippen LogP contribution in [0.3, 0.4) is 0 Å². The van der Waals surface area contributed by atoms with Crippen LogP contribution in [0.5, 0.6) is 0 Å². The zero-order chi connectivity index (χ0) is 15.0. The van der Waals surface area contributed by atoms with Gasteiger partial charge in [0.05, 0.1) is 0 Å². The number of carbonyl (C=O) groups is 2. The summed E-state index contributed by atoms with van der Waals surface area (Å²) < 4.78 is 5.28. The highest BCUT2D eigenvalue weighted by atomic mass is 16.5. The Balaban J connectivity index is 2.65. The molecule has 0 bridgehead atoms. The monoisotopic (exact) mass is 278 g/mol. The Morgan fingerprint density at radius 3 is 2.30 bits per heavy atom. The second-order valence-electron chi connectivity index (χ2n) is 4.42. The Kier molecular flexibility index (Phi) is 6.73. The van der Waals surface area contributed by atoms with Crippen molar-refractivity contribution in [2.45, 2.75) is 33.5 Å². The fourth-order valence-electron chi connectivity index (χ4n) is 1.89. The quantitative estimate of drug-likeness (QED) is 0.607. The molecule has 0 aromatic heterocycles. The van der Waals surface area contributed by atoms with Crippen LogP contribution in [0.25, 0.3) is 0 Å². The minimum absolute atomic E-state index is 0.205. The minimum Gasteiger partial charge on any atom is -0.458 e. The Hall–Kier alpha value is -1.88. The van der Waals surface area contributed by atoms with Gasteiger partial charge in [0.2, 0.25) is 5.91 Å². The lowest BCUT2D eigenvalue weighted by Gasteiger charge is -2.28. The van der Waals surface area contributed by atoms with Crippen molar-refractivity contribution in [3.05, 3.63) is 35.9 Å². The lowest BCUT2D eigenvalue weighted by atomic mass is 10.2. The highest BCUT2D eigenvalue weighted by molar-refractivity contribution is 5.82. The van der Waals surface area contributed by atoms with Crippen LogP contribution in [-0.4, -0.2) is 36.0 Å². The number of hydrogen-bond acceptors (Lipinski definition) is 4. The Labute approximate surface area is 119 Å². The van der Waals surface area contributed by atoms with Gasteiger partial charge >= 0.3 is 5.97 Å². The standard InChI is InChI=1S/C15H22N2O3/c1-4-17(5-2)14(16-12(3)18)15(19)20-11-13-9-7-6-8-10-13/h6-10,14H,4-5,11H2,1-3H3,(H,16,18). The van der Waals surface area contributed by atoms with E-state index in [-0.39, 0.29) is 12.5 Å². The SMILES string of the molecule is CCN(CC)C(NC(C)=O)C(=O)OCc1ccccc1. The van der Waals surface area contributed by atoms with E-state index in [4.69, 9.17) is 4.74 Å². The molecule has 0 aliphatic rings. The molecule has 1 unspecified atom stereocenters. The third kappa shape index (κ3) is 5.01. The summed E-state index contributed by atoms with van der Waals surface area (Å²) in [7, 11) is 0. The summed E-state index contributed by atoms with van der Waals surface area (Å²) in [6, 6.07) is 9.45. The lowest BCUT2D eigenvalue weighted by molar-refractivity contribution is -0.154. The van der Waals surface area contributed by atoms with Crippen molar-refractivity contribution in [2.75, 3.05) is 13.1 Å². The van der Waals surface area contributed by atoms with Gasteiger partial charge < -0.3 is 10.1 Å². The maximum absolute atomic E-state index is 12.1. The first-order valence-electron chi connectivity index (χ1n) is 6.80. The molecule has 0 fully saturated rings. The summed E-state index contributed by atoms with van der Waals surface area (Å²) in [4.78, 5) is 25.2. The van der Waals surface area contributed by atoms with Gasteiger partial charge in [0, 0.05) is 6.92 Å². The van der Waals surface area contributed by atoms with Crippen molar-refractivity contribution in [3.63, 3.8) is 0 Å². The highest BCUT2D eigenvalue weighted by Crippen LogP contribution is 2.04. The van der Waals surface area contributed by atoms with Crippen LogP contribution in [0.2, 0.25) is 0 Å². The van der Waals surface area contributed by atoms with E-state index in [0.29, 0.717) is 13.1 Å². The van der Waals surface area contributed by atoms with Crippen LogP contribution in [0.15, 0.2) is 30.3 Å². The molecule has 20 heavy (non-hydrogen) atoms. The van der Waals surface area contributed by atoms with Gasteiger partial charge in [0.1, 0.15) is 6.61 Å². The maximum atomic E-state index is 12.1. The Morgan fingerprint density at radius 2 is 1.80 bits per heavy atom. The molecule has 1 N–H and O–H groups in total. The predicted octanol–water partition coefficient (Wildman–Crippen LogP) is 1.53. The molecule has 0 saturated carbocycles. The lowest BCUT2D eigenvalue weighted by Crippen LogP contribution is -2.53. The molecule has 1 aromatic carbocycles. The largest absolute Gasteiger partial charge is 0.458 e. The van der Waals surface area contributed by atoms with Crippen molar-refractivity contribution < 1.29 is 14.3 Å². The van der Waals surface area contributed by atoms with E-state index in [9.17, 15) is 9.59 Å². The summed E-state index contributed by atoms with van der Waals surface area (Å²) in [5, 5.41) is 2.63. The number of nitrogens with one attached hydrogen (secondary N) is 1. The molecule has 0 radical (unpaired) electrons. The molecule has 0 aliphatic heterocycles. The smallest absolute Gasteiger partial charge is 0.344 e. The molecule has 0 spiro atoms. The number of hydrogen-bond donors (Lipinski definition) is 1. The highest BCUT2D eigenvalue weighted by Gasteiger charge is 2.26. The van der Waals surface area contributed by atoms with Crippen molar-refractivity contribution in [1.29, 1.82) is 0 Å². The van der Waals surface area contributed by atoms with E-state index in [1.165, 1.54) is 6.92 Å². The summed E-state index contributed by atoms with van der Waals surface area (Å²) in [6.07, 6.45) is -0.730. The topological polar surface area (TPSA) is 58.6 Å². The number of likely N-dealkylation sites (N-methyl/N-ethyl adjacent to an activating group) is 1. The van der Waals surface area contributed by atoms with Crippen molar-refractivity contribution in [3.8, 4) is 0 Å². The number of ether oxygens (including phenoxy) is 1. The van der Waals surface area contributed by atoms with Crippen LogP contribution < -0.4 is 5.32 Å². The molecular formula is C15H22N2O3. The van der Waals surface area contributed by atoms with Gasteiger partial charge in [-0.1, -0.05) is 44.2 Å². The predicted molar refractivity (Wildman–Crippen MR) is 76.8 cm³/mol. The molecule has 110 valence electrons. The molecule has 0 aliphatic carbocycles. The van der Waals surface area contributed by atoms with E-state index < -0.39 is 12.1 Å². The molecule has 1 amide bonds. The van der Waals surface area contributed by atoms with Gasteiger partial charge in [-0.25, -0.2) is 4.79 Å². The second kappa shape index (κ2) is 8.32. The summed E-state index contributed by atoms with van der Waals surface area (Å²) in [5.41, 5.74) is 0.918. The van der Waals surface area contributed by atoms with Crippen LogP contribution in [0.4, 0.5) is 0 Å². The third-order valence-electron chi connectivity index (χ3n) is 2.96. The zero-order valence-corrected chi connectivity index (χ0v) is 12.3. The van der Waals surface area contributed by atoms with Crippen LogP contribution in [0, 0.1) is 0 Å². The van der Waals surface area contributed by atoms with Crippen molar-refractivity contribution in [1.82, 2.24) is 10.2 Å². The van der Waals surface area contributed by atoms with E-state index in [1.807, 2.05) is 49.1 Å². The molecular weight excluding hydrogens is 256 g/mol. The zero-order valence-electron chi connectivity index (χ0n) is 12.3. The van der Waals surface area contributed by atoms with Crippen molar-refractivity contribution >= 4 is 11.9 Å². The van der Waals surface area contributed by atoms with E-state index in [1.54, 1.807) is 0 Å². The first kappa shape index (κ1) is 16.2. The molecule has 1 rings (SSSR count). The van der Waals surface area contributed by atoms with Crippen LogP contribution in [0.1, 0.15) is 26.3 Å². The van der Waals surface area contributed by atoms with Crippen LogP contribution in [-0.2, 0) is 20.9 Å². The van der Waals surface area contributed by atoms with E-state index in [2.05, 4.69) is 5.32 Å². The van der Waals surface area contributed by atoms with Gasteiger partial charge in [-0.15, -0.1) is 0 Å². The minimum atomic E-state index is -0.730. The van der Waals surface area contributed by atoms with Gasteiger partial charge in [0.15, 0.2) is 6.17 Å². The maximum Gasteiger partial charge on any atom is 0.344 e. The molecule has 5 heteroatoms. The van der Waals surface area contributed by atoms with Gasteiger partial charge in [-0.2, -0.15) is 0 Å². The number of rotatable bonds is 7. The van der Waals surface area contributed by atoms with E-state index in [0.717, 1.165) is 5.56 Å². The second-order valence-corrected chi connectivity index (χ2v) is 4.42. The average Bonchev–Trinajstić information content (AvgIpc) is 2.45. The number of amides is 1. The first-order chi connectivity index (χ1) is 9.58. The van der Waals surface area contributed by atoms with Crippen molar-refractivity contribution in [2.24, 2.45) is 0 Å². The first-order valence-corrected chi connectivity index (χ1v) is 6.80.